The first-order chi connectivity index (χ1) is 9.04. The summed E-state index contributed by atoms with van der Waals surface area (Å²) in [6, 6.07) is 5.38. The first-order valence-electron chi connectivity index (χ1n) is 6.04. The van der Waals surface area contributed by atoms with E-state index in [-0.39, 0.29) is 18.2 Å². The number of halogens is 2. The molecule has 0 atom stereocenters. The van der Waals surface area contributed by atoms with Gasteiger partial charge in [0, 0.05) is 28.5 Å². The predicted octanol–water partition coefficient (Wildman–Crippen LogP) is 2.86. The van der Waals surface area contributed by atoms with E-state index in [9.17, 15) is 9.59 Å². The maximum absolute atomic E-state index is 11.9. The number of amides is 2. The van der Waals surface area contributed by atoms with Crippen LogP contribution in [0.4, 0.5) is 0 Å². The fourth-order valence-electron chi connectivity index (χ4n) is 1.41. The third-order valence-corrected chi connectivity index (χ3v) is 3.57. The van der Waals surface area contributed by atoms with Crippen molar-refractivity contribution in [2.45, 2.75) is 19.8 Å². The van der Waals surface area contributed by atoms with Crippen molar-refractivity contribution in [1.82, 2.24) is 10.6 Å². The summed E-state index contributed by atoms with van der Waals surface area (Å²) in [5.74, 6) is -0.244. The summed E-state index contributed by atoms with van der Waals surface area (Å²) in [6.45, 7) is 2.99. The lowest BCUT2D eigenvalue weighted by Gasteiger charge is -2.07. The molecule has 0 saturated carbocycles. The number of benzene rings is 1. The fraction of sp³-hybridized carbons (Fsp3) is 0.385. The van der Waals surface area contributed by atoms with Gasteiger partial charge in [0.05, 0.1) is 5.56 Å². The van der Waals surface area contributed by atoms with Crippen molar-refractivity contribution in [2.75, 3.05) is 13.1 Å². The maximum atomic E-state index is 11.9. The van der Waals surface area contributed by atoms with Crippen LogP contribution in [-0.4, -0.2) is 24.9 Å². The van der Waals surface area contributed by atoms with Gasteiger partial charge in [-0.05, 0) is 40.5 Å². The zero-order valence-electron chi connectivity index (χ0n) is 10.6. The molecule has 4 nitrogen and oxygen atoms in total. The topological polar surface area (TPSA) is 58.2 Å². The molecule has 1 rings (SSSR count). The average Bonchev–Trinajstić information content (AvgIpc) is 2.39. The molecule has 0 aliphatic heterocycles. The van der Waals surface area contributed by atoms with E-state index in [1.807, 2.05) is 13.0 Å². The molecular formula is C13H16Br2N2O2. The van der Waals surface area contributed by atoms with Crippen molar-refractivity contribution < 1.29 is 9.59 Å². The van der Waals surface area contributed by atoms with E-state index in [1.165, 1.54) is 0 Å². The van der Waals surface area contributed by atoms with Crippen LogP contribution in [0.2, 0.25) is 0 Å². The molecule has 104 valence electrons. The van der Waals surface area contributed by atoms with E-state index in [0.29, 0.717) is 18.7 Å². The van der Waals surface area contributed by atoms with Crippen LogP contribution in [0.25, 0.3) is 0 Å². The molecule has 0 unspecified atom stereocenters. The molecule has 19 heavy (non-hydrogen) atoms. The SMILES string of the molecule is CCCNC(=O)CCNC(=O)c1cc(Br)ccc1Br. The van der Waals surface area contributed by atoms with E-state index < -0.39 is 0 Å². The number of carbonyl (C=O) groups excluding carboxylic acids is 2. The summed E-state index contributed by atoms with van der Waals surface area (Å²) in [4.78, 5) is 23.3. The molecule has 0 spiro atoms. The lowest BCUT2D eigenvalue weighted by Crippen LogP contribution is -2.31. The standard InChI is InChI=1S/C13H16Br2N2O2/c1-2-6-16-12(18)5-7-17-13(19)10-8-9(14)3-4-11(10)15/h3-4,8H,2,5-7H2,1H3,(H,16,18)(H,17,19). The van der Waals surface area contributed by atoms with Gasteiger partial charge in [-0.3, -0.25) is 9.59 Å². The summed E-state index contributed by atoms with van der Waals surface area (Å²) in [6.07, 6.45) is 1.19. The first kappa shape index (κ1) is 16.2. The molecule has 0 aliphatic carbocycles. The molecule has 0 fully saturated rings. The average molecular weight is 392 g/mol. The molecule has 1 aromatic rings. The van der Waals surface area contributed by atoms with Gasteiger partial charge in [-0.2, -0.15) is 0 Å². The van der Waals surface area contributed by atoms with E-state index >= 15 is 0 Å². The van der Waals surface area contributed by atoms with Gasteiger partial charge in [-0.25, -0.2) is 0 Å². The smallest absolute Gasteiger partial charge is 0.252 e. The largest absolute Gasteiger partial charge is 0.356 e. The van der Waals surface area contributed by atoms with Gasteiger partial charge < -0.3 is 10.6 Å². The van der Waals surface area contributed by atoms with Gasteiger partial charge in [0.25, 0.3) is 5.91 Å². The second-order valence-corrected chi connectivity index (χ2v) is 5.75. The number of nitrogens with one attached hydrogen (secondary N) is 2. The highest BCUT2D eigenvalue weighted by molar-refractivity contribution is 9.11. The Morgan fingerprint density at radius 3 is 2.58 bits per heavy atom. The minimum atomic E-state index is -0.198. The van der Waals surface area contributed by atoms with E-state index in [0.717, 1.165) is 15.4 Å². The Hall–Kier alpha value is -0.880. The summed E-state index contributed by atoms with van der Waals surface area (Å²) < 4.78 is 1.56. The predicted molar refractivity (Wildman–Crippen MR) is 82.1 cm³/mol. The molecule has 0 saturated heterocycles. The van der Waals surface area contributed by atoms with Crippen LogP contribution >= 0.6 is 31.9 Å². The Morgan fingerprint density at radius 1 is 1.16 bits per heavy atom. The van der Waals surface area contributed by atoms with Crippen LogP contribution in [0.3, 0.4) is 0 Å². The number of carbonyl (C=O) groups is 2. The molecule has 0 bridgehead atoms. The first-order valence-corrected chi connectivity index (χ1v) is 7.63. The Bertz CT molecular complexity index is 464. The Morgan fingerprint density at radius 2 is 1.89 bits per heavy atom. The Kier molecular flexibility index (Phi) is 7.09. The molecular weight excluding hydrogens is 376 g/mol. The highest BCUT2D eigenvalue weighted by Crippen LogP contribution is 2.21. The van der Waals surface area contributed by atoms with E-state index in [4.69, 9.17) is 0 Å². The molecule has 0 aliphatic rings. The lowest BCUT2D eigenvalue weighted by molar-refractivity contribution is -0.120. The minimum Gasteiger partial charge on any atom is -0.356 e. The van der Waals surface area contributed by atoms with Crippen molar-refractivity contribution in [3.8, 4) is 0 Å². The number of hydrogen-bond acceptors (Lipinski definition) is 2. The second-order valence-electron chi connectivity index (χ2n) is 3.98. The zero-order chi connectivity index (χ0) is 14.3. The van der Waals surface area contributed by atoms with E-state index in [2.05, 4.69) is 42.5 Å². The third kappa shape index (κ3) is 5.74. The highest BCUT2D eigenvalue weighted by atomic mass is 79.9. The number of rotatable bonds is 6. The summed E-state index contributed by atoms with van der Waals surface area (Å²) in [5, 5.41) is 5.48. The summed E-state index contributed by atoms with van der Waals surface area (Å²) >= 11 is 6.64. The Balaban J connectivity index is 2.43. The normalized spacial score (nSPS) is 10.1. The lowest BCUT2D eigenvalue weighted by atomic mass is 10.2. The molecule has 0 aromatic heterocycles. The molecule has 1 aromatic carbocycles. The summed E-state index contributed by atoms with van der Waals surface area (Å²) in [7, 11) is 0. The molecule has 0 heterocycles. The van der Waals surface area contributed by atoms with Crippen LogP contribution in [0.5, 0.6) is 0 Å². The van der Waals surface area contributed by atoms with Crippen LogP contribution in [0.1, 0.15) is 30.1 Å². The van der Waals surface area contributed by atoms with Gasteiger partial charge in [-0.1, -0.05) is 22.9 Å². The van der Waals surface area contributed by atoms with Crippen molar-refractivity contribution in [3.63, 3.8) is 0 Å². The van der Waals surface area contributed by atoms with Crippen molar-refractivity contribution in [2.24, 2.45) is 0 Å². The third-order valence-electron chi connectivity index (χ3n) is 2.38. The molecule has 2 amide bonds. The number of hydrogen-bond donors (Lipinski definition) is 2. The zero-order valence-corrected chi connectivity index (χ0v) is 13.8. The van der Waals surface area contributed by atoms with Crippen molar-refractivity contribution >= 4 is 43.7 Å². The minimum absolute atomic E-state index is 0.0459. The van der Waals surface area contributed by atoms with Gasteiger partial charge in [-0.15, -0.1) is 0 Å². The molecule has 6 heteroatoms. The molecule has 2 N–H and O–H groups in total. The van der Waals surface area contributed by atoms with Crippen LogP contribution in [0, 0.1) is 0 Å². The van der Waals surface area contributed by atoms with E-state index in [1.54, 1.807) is 12.1 Å². The second kappa shape index (κ2) is 8.32. The van der Waals surface area contributed by atoms with Crippen molar-refractivity contribution in [3.05, 3.63) is 32.7 Å². The van der Waals surface area contributed by atoms with Crippen LogP contribution in [-0.2, 0) is 4.79 Å². The van der Waals surface area contributed by atoms with Gasteiger partial charge in [0.2, 0.25) is 5.91 Å². The van der Waals surface area contributed by atoms with Gasteiger partial charge in [0.15, 0.2) is 0 Å². The fourth-order valence-corrected chi connectivity index (χ4v) is 2.20. The quantitative estimate of drug-likeness (QED) is 0.783. The van der Waals surface area contributed by atoms with Gasteiger partial charge >= 0.3 is 0 Å². The van der Waals surface area contributed by atoms with Gasteiger partial charge in [0.1, 0.15) is 0 Å². The molecule has 0 radical (unpaired) electrons. The summed E-state index contributed by atoms with van der Waals surface area (Å²) in [5.41, 5.74) is 0.545. The van der Waals surface area contributed by atoms with Crippen molar-refractivity contribution in [1.29, 1.82) is 0 Å². The monoisotopic (exact) mass is 390 g/mol. The van der Waals surface area contributed by atoms with Crippen LogP contribution in [0.15, 0.2) is 27.1 Å². The maximum Gasteiger partial charge on any atom is 0.252 e. The van der Waals surface area contributed by atoms with Crippen LogP contribution < -0.4 is 10.6 Å². The Labute approximate surface area is 129 Å². The highest BCUT2D eigenvalue weighted by Gasteiger charge is 2.10.